The van der Waals surface area contributed by atoms with E-state index in [0.29, 0.717) is 30.5 Å². The molecule has 188 valence electrons. The Balaban J connectivity index is 1.48. The minimum atomic E-state index is -3.77. The molecule has 3 aromatic rings. The molecule has 0 amide bonds. The normalized spacial score (nSPS) is 14.7. The van der Waals surface area contributed by atoms with E-state index >= 15 is 0 Å². The molecular formula is C25H25FN4O5S. The van der Waals surface area contributed by atoms with Crippen molar-refractivity contribution in [1.82, 2.24) is 9.29 Å². The lowest BCUT2D eigenvalue weighted by molar-refractivity contribution is 0.355. The van der Waals surface area contributed by atoms with Crippen molar-refractivity contribution in [3.63, 3.8) is 0 Å². The molecule has 1 aromatic heterocycles. The number of benzene rings is 2. The second-order valence-corrected chi connectivity index (χ2v) is 10.0. The molecule has 36 heavy (non-hydrogen) atoms. The van der Waals surface area contributed by atoms with Crippen LogP contribution in [0.4, 0.5) is 10.3 Å². The Kier molecular flexibility index (Phi) is 7.28. The maximum Gasteiger partial charge on any atom is 0.243 e. The summed E-state index contributed by atoms with van der Waals surface area (Å²) in [4.78, 5) is 6.09. The lowest BCUT2D eigenvalue weighted by Gasteiger charge is -2.33. The number of aromatic nitrogens is 1. The summed E-state index contributed by atoms with van der Waals surface area (Å²) in [6.07, 6.45) is 3.41. The van der Waals surface area contributed by atoms with Gasteiger partial charge in [0.25, 0.3) is 0 Å². The molecule has 1 aliphatic rings. The highest BCUT2D eigenvalue weighted by atomic mass is 32.2. The average Bonchev–Trinajstić information content (AvgIpc) is 3.32. The zero-order valence-corrected chi connectivity index (χ0v) is 20.9. The molecule has 1 saturated heterocycles. The lowest BCUT2D eigenvalue weighted by Crippen LogP contribution is -2.48. The van der Waals surface area contributed by atoms with Gasteiger partial charge in [0.15, 0.2) is 11.5 Å². The summed E-state index contributed by atoms with van der Waals surface area (Å²) >= 11 is 0. The zero-order chi connectivity index (χ0) is 25.9. The van der Waals surface area contributed by atoms with E-state index in [9.17, 15) is 18.1 Å². The van der Waals surface area contributed by atoms with Crippen molar-refractivity contribution in [2.75, 3.05) is 45.3 Å². The molecule has 11 heteroatoms. The quantitative estimate of drug-likeness (QED) is 0.472. The summed E-state index contributed by atoms with van der Waals surface area (Å²) in [5, 5.41) is 9.56. The molecule has 1 fully saturated rings. The smallest absolute Gasteiger partial charge is 0.243 e. The fourth-order valence-electron chi connectivity index (χ4n) is 3.87. The molecule has 0 saturated carbocycles. The number of hydrogen-bond donors (Lipinski definition) is 0. The van der Waals surface area contributed by atoms with Crippen molar-refractivity contribution in [1.29, 1.82) is 5.26 Å². The first kappa shape index (κ1) is 25.2. The molecule has 9 nitrogen and oxygen atoms in total. The van der Waals surface area contributed by atoms with E-state index < -0.39 is 15.8 Å². The van der Waals surface area contributed by atoms with Gasteiger partial charge in [-0.05, 0) is 54.5 Å². The van der Waals surface area contributed by atoms with Crippen LogP contribution in [-0.4, -0.2) is 58.1 Å². The number of anilines is 1. The Morgan fingerprint density at radius 3 is 2.42 bits per heavy atom. The highest BCUT2D eigenvalue weighted by Crippen LogP contribution is 2.29. The number of nitrogens with zero attached hydrogens (tertiary/aromatic N) is 4. The minimum Gasteiger partial charge on any atom is -0.493 e. The van der Waals surface area contributed by atoms with Crippen LogP contribution >= 0.6 is 0 Å². The van der Waals surface area contributed by atoms with Gasteiger partial charge in [0.05, 0.1) is 19.1 Å². The van der Waals surface area contributed by atoms with Crippen molar-refractivity contribution in [3.05, 3.63) is 64.9 Å². The van der Waals surface area contributed by atoms with Crippen LogP contribution in [-0.2, 0) is 10.0 Å². The minimum absolute atomic E-state index is 0.0508. The van der Waals surface area contributed by atoms with E-state index in [-0.39, 0.29) is 35.1 Å². The number of aryl methyl sites for hydroxylation is 1. The van der Waals surface area contributed by atoms with Crippen LogP contribution in [0, 0.1) is 24.1 Å². The third kappa shape index (κ3) is 5.05. The van der Waals surface area contributed by atoms with Gasteiger partial charge in [-0.25, -0.2) is 12.8 Å². The number of piperazine rings is 1. The zero-order valence-electron chi connectivity index (χ0n) is 20.1. The Morgan fingerprint density at radius 2 is 1.78 bits per heavy atom. The highest BCUT2D eigenvalue weighted by molar-refractivity contribution is 7.89. The number of nitriles is 1. The van der Waals surface area contributed by atoms with Crippen LogP contribution in [0.3, 0.4) is 0 Å². The van der Waals surface area contributed by atoms with Crippen LogP contribution in [0.5, 0.6) is 11.5 Å². The summed E-state index contributed by atoms with van der Waals surface area (Å²) in [6, 6.07) is 11.2. The summed E-state index contributed by atoms with van der Waals surface area (Å²) in [5.74, 6) is 1.26. The van der Waals surface area contributed by atoms with Crippen molar-refractivity contribution in [2.45, 2.75) is 11.8 Å². The highest BCUT2D eigenvalue weighted by Gasteiger charge is 2.31. The number of sulfonamides is 1. The molecular weight excluding hydrogens is 487 g/mol. The Labute approximate surface area is 209 Å². The van der Waals surface area contributed by atoms with Gasteiger partial charge in [-0.3, -0.25) is 0 Å². The van der Waals surface area contributed by atoms with Gasteiger partial charge in [0.2, 0.25) is 27.5 Å². The van der Waals surface area contributed by atoms with E-state index in [2.05, 4.69) is 4.98 Å². The van der Waals surface area contributed by atoms with Crippen LogP contribution in [0.2, 0.25) is 0 Å². The van der Waals surface area contributed by atoms with Crippen LogP contribution in [0.1, 0.15) is 22.7 Å². The second-order valence-electron chi connectivity index (χ2n) is 8.07. The Hall–Kier alpha value is -3.88. The number of hydrogen-bond acceptors (Lipinski definition) is 8. The SMILES string of the molecule is COc1ccc(/C=C/c2nc(C#N)c(N3CCN(S(=O)(=O)c4ccc(F)c(C)c4)CC3)o2)cc1OC. The molecule has 1 aliphatic heterocycles. The van der Waals surface area contributed by atoms with Crippen LogP contribution in [0.15, 0.2) is 45.7 Å². The monoisotopic (exact) mass is 512 g/mol. The maximum absolute atomic E-state index is 13.6. The van der Waals surface area contributed by atoms with Gasteiger partial charge < -0.3 is 18.8 Å². The Morgan fingerprint density at radius 1 is 1.06 bits per heavy atom. The van der Waals surface area contributed by atoms with Crippen molar-refractivity contribution in [3.8, 4) is 17.6 Å². The van der Waals surface area contributed by atoms with Crippen molar-refractivity contribution in [2.24, 2.45) is 0 Å². The summed E-state index contributed by atoms with van der Waals surface area (Å²) in [7, 11) is -0.657. The lowest BCUT2D eigenvalue weighted by atomic mass is 10.2. The molecule has 0 atom stereocenters. The van der Waals surface area contributed by atoms with Crippen LogP contribution in [0.25, 0.3) is 12.2 Å². The molecule has 0 bridgehead atoms. The van der Waals surface area contributed by atoms with Crippen molar-refractivity contribution < 1.29 is 26.7 Å². The first-order valence-electron chi connectivity index (χ1n) is 11.1. The first-order valence-corrected chi connectivity index (χ1v) is 12.5. The van der Waals surface area contributed by atoms with Gasteiger partial charge in [0.1, 0.15) is 11.9 Å². The molecule has 0 aliphatic carbocycles. The van der Waals surface area contributed by atoms with Crippen LogP contribution < -0.4 is 14.4 Å². The topological polar surface area (TPSA) is 109 Å². The molecule has 0 unspecified atom stereocenters. The predicted molar refractivity (Wildman–Crippen MR) is 132 cm³/mol. The maximum atomic E-state index is 13.6. The number of halogens is 1. The van der Waals surface area contributed by atoms with E-state index in [1.165, 1.54) is 23.4 Å². The van der Waals surface area contributed by atoms with Gasteiger partial charge in [-0.2, -0.15) is 14.6 Å². The van der Waals surface area contributed by atoms with Gasteiger partial charge in [0, 0.05) is 32.3 Å². The van der Waals surface area contributed by atoms with Gasteiger partial charge in [-0.1, -0.05) is 6.07 Å². The van der Waals surface area contributed by atoms with E-state index in [4.69, 9.17) is 13.9 Å². The number of ether oxygens (including phenoxy) is 2. The summed E-state index contributed by atoms with van der Waals surface area (Å²) < 4.78 is 57.3. The number of oxazole rings is 1. The van der Waals surface area contributed by atoms with Crippen molar-refractivity contribution >= 4 is 28.1 Å². The van der Waals surface area contributed by atoms with E-state index in [1.54, 1.807) is 43.4 Å². The molecule has 0 N–H and O–H groups in total. The standard InChI is InChI=1S/C25H25FN4O5S/c1-17-14-19(6-7-20(17)26)36(31,32)30-12-10-29(11-13-30)25-21(16-27)28-24(35-25)9-5-18-4-8-22(33-2)23(15-18)34-3/h4-9,14-15H,10-13H2,1-3H3/b9-5+. The van der Waals surface area contributed by atoms with E-state index in [1.807, 2.05) is 12.1 Å². The molecule has 0 radical (unpaired) electrons. The van der Waals surface area contributed by atoms with Gasteiger partial charge >= 0.3 is 0 Å². The predicted octanol–water partition coefficient (Wildman–Crippen LogP) is 3.69. The number of rotatable bonds is 7. The summed E-state index contributed by atoms with van der Waals surface area (Å²) in [6.45, 7) is 2.50. The van der Waals surface area contributed by atoms with E-state index in [0.717, 1.165) is 11.6 Å². The van der Waals surface area contributed by atoms with Gasteiger partial charge in [-0.15, -0.1) is 0 Å². The average molecular weight is 513 g/mol. The molecule has 0 spiro atoms. The Bertz CT molecular complexity index is 1440. The third-order valence-corrected chi connectivity index (χ3v) is 7.75. The molecule has 2 heterocycles. The fraction of sp³-hybridized carbons (Fsp3) is 0.280. The third-order valence-electron chi connectivity index (χ3n) is 5.85. The largest absolute Gasteiger partial charge is 0.493 e. The molecule has 2 aromatic carbocycles. The number of methoxy groups -OCH3 is 2. The summed E-state index contributed by atoms with van der Waals surface area (Å²) in [5.41, 5.74) is 1.21. The fourth-order valence-corrected chi connectivity index (χ4v) is 5.38. The second kappa shape index (κ2) is 10.4. The first-order chi connectivity index (χ1) is 17.3. The molecule has 4 rings (SSSR count).